The van der Waals surface area contributed by atoms with E-state index in [9.17, 15) is 8.42 Å². The summed E-state index contributed by atoms with van der Waals surface area (Å²) in [5.41, 5.74) is 2.63. The van der Waals surface area contributed by atoms with Crippen LogP contribution in [0.25, 0.3) is 0 Å². The fourth-order valence-corrected chi connectivity index (χ4v) is 4.42. The van der Waals surface area contributed by atoms with Gasteiger partial charge in [-0.3, -0.25) is 4.90 Å². The highest BCUT2D eigenvalue weighted by Crippen LogP contribution is 2.17. The summed E-state index contributed by atoms with van der Waals surface area (Å²) in [4.78, 5) is 4.93. The van der Waals surface area contributed by atoms with Crippen molar-refractivity contribution in [3.05, 3.63) is 29.8 Å². The molecule has 0 bridgehead atoms. The molecule has 1 N–H and O–H groups in total. The summed E-state index contributed by atoms with van der Waals surface area (Å²) in [5, 5.41) is 0. The van der Waals surface area contributed by atoms with Crippen LogP contribution in [0.1, 0.15) is 38.2 Å². The summed E-state index contributed by atoms with van der Waals surface area (Å²) in [6.45, 7) is 10.0. The third-order valence-corrected chi connectivity index (χ3v) is 6.20. The second-order valence-corrected chi connectivity index (χ2v) is 8.87. The molecule has 0 atom stereocenters. The van der Waals surface area contributed by atoms with Gasteiger partial charge in [-0.05, 0) is 50.4 Å². The number of rotatable bonds is 10. The zero-order valence-electron chi connectivity index (χ0n) is 15.7. The van der Waals surface area contributed by atoms with Crippen LogP contribution in [0.5, 0.6) is 0 Å². The van der Waals surface area contributed by atoms with E-state index in [0.717, 1.165) is 58.4 Å². The predicted octanol–water partition coefficient (Wildman–Crippen LogP) is 2.62. The van der Waals surface area contributed by atoms with Crippen LogP contribution in [0.4, 0.5) is 5.69 Å². The lowest BCUT2D eigenvalue weighted by atomic mass is 10.2. The first-order chi connectivity index (χ1) is 12.0. The maximum atomic E-state index is 11.7. The van der Waals surface area contributed by atoms with Gasteiger partial charge >= 0.3 is 0 Å². The molecule has 0 spiro atoms. The van der Waals surface area contributed by atoms with Gasteiger partial charge < -0.3 is 4.90 Å². The topological polar surface area (TPSA) is 52.7 Å². The maximum Gasteiger partial charge on any atom is 0.211 e. The Labute approximate surface area is 153 Å². The van der Waals surface area contributed by atoms with Crippen molar-refractivity contribution in [2.24, 2.45) is 0 Å². The van der Waals surface area contributed by atoms with Crippen molar-refractivity contribution in [1.82, 2.24) is 9.62 Å². The molecule has 0 saturated carbocycles. The number of sulfonamides is 1. The molecule has 0 unspecified atom stereocenters. The molecular formula is C19H33N3O2S. The summed E-state index contributed by atoms with van der Waals surface area (Å²) in [7, 11) is -3.06. The van der Waals surface area contributed by atoms with Crippen LogP contribution in [0.2, 0.25) is 0 Å². The summed E-state index contributed by atoms with van der Waals surface area (Å²) in [5.74, 6) is 0.254. The Bertz CT molecular complexity index is 611. The fourth-order valence-electron chi connectivity index (χ4n) is 3.15. The normalized spacial score (nSPS) is 16.3. The Morgan fingerprint density at radius 1 is 1.08 bits per heavy atom. The second kappa shape index (κ2) is 10.1. The largest absolute Gasteiger partial charge is 0.369 e. The number of anilines is 1. The number of unbranched alkanes of at least 4 members (excludes halogenated alkanes) is 2. The molecule has 0 aliphatic carbocycles. The number of hydrogen-bond donors (Lipinski definition) is 1. The van der Waals surface area contributed by atoms with Crippen LogP contribution in [0.15, 0.2) is 24.3 Å². The summed E-state index contributed by atoms with van der Waals surface area (Å²) in [6.07, 6.45) is 3.60. The minimum absolute atomic E-state index is 0.254. The lowest BCUT2D eigenvalue weighted by molar-refractivity contribution is 0.253. The zero-order chi connectivity index (χ0) is 18.1. The molecule has 5 nitrogen and oxygen atoms in total. The number of piperazine rings is 1. The van der Waals surface area contributed by atoms with Gasteiger partial charge in [-0.1, -0.05) is 25.5 Å². The average molecular weight is 368 g/mol. The number of nitrogens with zero attached hydrogens (tertiary/aromatic N) is 2. The van der Waals surface area contributed by atoms with E-state index < -0.39 is 10.0 Å². The number of aryl methyl sites for hydroxylation is 1. The van der Waals surface area contributed by atoms with E-state index in [1.807, 2.05) is 6.92 Å². The van der Waals surface area contributed by atoms with Gasteiger partial charge in [0, 0.05) is 38.4 Å². The van der Waals surface area contributed by atoms with E-state index in [-0.39, 0.29) is 5.75 Å². The number of nitrogens with one attached hydrogen (secondary N) is 1. The van der Waals surface area contributed by atoms with Crippen LogP contribution < -0.4 is 9.62 Å². The highest BCUT2D eigenvalue weighted by molar-refractivity contribution is 7.89. The van der Waals surface area contributed by atoms with Crippen molar-refractivity contribution in [2.45, 2.75) is 39.5 Å². The Hall–Kier alpha value is -1.11. The maximum absolute atomic E-state index is 11.7. The van der Waals surface area contributed by atoms with E-state index in [0.29, 0.717) is 6.54 Å². The molecule has 1 saturated heterocycles. The van der Waals surface area contributed by atoms with Gasteiger partial charge in [0.2, 0.25) is 10.0 Å². The Morgan fingerprint density at radius 3 is 2.52 bits per heavy atom. The molecule has 0 radical (unpaired) electrons. The summed E-state index contributed by atoms with van der Waals surface area (Å²) >= 11 is 0. The van der Waals surface area contributed by atoms with Gasteiger partial charge in [-0.25, -0.2) is 13.1 Å². The van der Waals surface area contributed by atoms with Crippen molar-refractivity contribution >= 4 is 15.7 Å². The molecule has 1 aromatic rings. The number of benzene rings is 1. The monoisotopic (exact) mass is 367 g/mol. The molecular weight excluding hydrogens is 334 g/mol. The molecule has 25 heavy (non-hydrogen) atoms. The number of hydrogen-bond acceptors (Lipinski definition) is 4. The Morgan fingerprint density at radius 2 is 1.84 bits per heavy atom. The molecule has 0 amide bonds. The molecule has 1 fully saturated rings. The minimum Gasteiger partial charge on any atom is -0.369 e. The van der Waals surface area contributed by atoms with Gasteiger partial charge in [0.25, 0.3) is 0 Å². The first kappa shape index (κ1) is 20.2. The molecule has 1 aliphatic rings. The van der Waals surface area contributed by atoms with Crippen molar-refractivity contribution < 1.29 is 8.42 Å². The van der Waals surface area contributed by atoms with Crippen molar-refractivity contribution in [3.63, 3.8) is 0 Å². The molecule has 2 rings (SSSR count). The third kappa shape index (κ3) is 7.34. The summed E-state index contributed by atoms with van der Waals surface area (Å²) < 4.78 is 26.2. The van der Waals surface area contributed by atoms with Gasteiger partial charge in [-0.2, -0.15) is 0 Å². The second-order valence-electron chi connectivity index (χ2n) is 6.94. The molecule has 0 aromatic heterocycles. The molecule has 6 heteroatoms. The lowest BCUT2D eigenvalue weighted by Crippen LogP contribution is -2.46. The van der Waals surface area contributed by atoms with Gasteiger partial charge in [-0.15, -0.1) is 0 Å². The fraction of sp³-hybridized carbons (Fsp3) is 0.684. The van der Waals surface area contributed by atoms with Crippen LogP contribution in [-0.4, -0.2) is 58.3 Å². The standard InChI is InChI=1S/C19H33N3O2S/c1-3-4-16-25(23,24)20-10-5-6-11-21-12-14-22(15-13-21)19-9-7-8-18(2)17-19/h7-9,17,20H,3-6,10-16H2,1-2H3. The minimum atomic E-state index is -3.06. The molecule has 1 aliphatic heterocycles. The SMILES string of the molecule is CCCCS(=O)(=O)NCCCCN1CCN(c2cccc(C)c2)CC1. The molecule has 1 aromatic carbocycles. The molecule has 142 valence electrons. The Balaban J connectivity index is 1.60. The quantitative estimate of drug-likeness (QED) is 0.646. The zero-order valence-corrected chi connectivity index (χ0v) is 16.5. The predicted molar refractivity (Wildman–Crippen MR) is 106 cm³/mol. The first-order valence-corrected chi connectivity index (χ1v) is 11.2. The smallest absolute Gasteiger partial charge is 0.211 e. The van der Waals surface area contributed by atoms with Crippen LogP contribution in [-0.2, 0) is 10.0 Å². The van der Waals surface area contributed by atoms with Gasteiger partial charge in [0.15, 0.2) is 0 Å². The van der Waals surface area contributed by atoms with Crippen molar-refractivity contribution in [1.29, 1.82) is 0 Å². The highest BCUT2D eigenvalue weighted by Gasteiger charge is 2.16. The Kier molecular flexibility index (Phi) is 8.19. The first-order valence-electron chi connectivity index (χ1n) is 9.51. The van der Waals surface area contributed by atoms with E-state index in [1.165, 1.54) is 11.3 Å². The molecule has 1 heterocycles. The third-order valence-electron chi connectivity index (χ3n) is 4.73. The van der Waals surface area contributed by atoms with Crippen LogP contribution in [0.3, 0.4) is 0 Å². The van der Waals surface area contributed by atoms with Crippen molar-refractivity contribution in [3.8, 4) is 0 Å². The summed E-state index contributed by atoms with van der Waals surface area (Å²) in [6, 6.07) is 8.70. The van der Waals surface area contributed by atoms with E-state index >= 15 is 0 Å². The van der Waals surface area contributed by atoms with Gasteiger partial charge in [0.05, 0.1) is 5.75 Å². The van der Waals surface area contributed by atoms with Gasteiger partial charge in [0.1, 0.15) is 0 Å². The van der Waals surface area contributed by atoms with Crippen molar-refractivity contribution in [2.75, 3.05) is 49.9 Å². The van der Waals surface area contributed by atoms with Crippen LogP contribution in [0, 0.1) is 6.92 Å². The van der Waals surface area contributed by atoms with Crippen LogP contribution >= 0.6 is 0 Å². The van der Waals surface area contributed by atoms with E-state index in [1.54, 1.807) is 0 Å². The lowest BCUT2D eigenvalue weighted by Gasteiger charge is -2.36. The highest BCUT2D eigenvalue weighted by atomic mass is 32.2. The van der Waals surface area contributed by atoms with E-state index in [2.05, 4.69) is 45.7 Å². The van der Waals surface area contributed by atoms with E-state index in [4.69, 9.17) is 0 Å². The average Bonchev–Trinajstić information content (AvgIpc) is 2.60.